The van der Waals surface area contributed by atoms with Gasteiger partial charge >= 0.3 is 0 Å². The first kappa shape index (κ1) is 24.8. The average Bonchev–Trinajstić information content (AvgIpc) is 3.58. The van der Waals surface area contributed by atoms with Gasteiger partial charge in [-0.1, -0.05) is 13.8 Å². The summed E-state index contributed by atoms with van der Waals surface area (Å²) in [6.45, 7) is 7.48. The van der Waals surface area contributed by atoms with Crippen LogP contribution in [0.1, 0.15) is 64.5 Å². The Hall–Kier alpha value is -2.88. The Morgan fingerprint density at radius 2 is 1.89 bits per heavy atom. The number of nitrogens with one attached hydrogen (secondary N) is 2. The van der Waals surface area contributed by atoms with E-state index in [1.165, 1.54) is 12.8 Å². The number of piperidine rings is 1. The lowest BCUT2D eigenvalue weighted by atomic mass is 9.87. The Morgan fingerprint density at radius 3 is 2.44 bits per heavy atom. The molecule has 196 valence electrons. The largest absolute Gasteiger partial charge is 0.469 e. The SMILES string of the molecule is CC[C@@H]1CC(N(C)c2nc(Nc3cc(C)[nH]n3)cc(OC3COC3)n2)C[C@H](CC)N1C(=O)CC1CC1. The van der Waals surface area contributed by atoms with E-state index in [2.05, 4.69) is 46.2 Å². The molecule has 2 aromatic heterocycles. The van der Waals surface area contributed by atoms with E-state index in [0.29, 0.717) is 54.9 Å². The number of nitrogens with zero attached hydrogens (tertiary/aromatic N) is 5. The number of likely N-dealkylation sites (tertiary alicyclic amines) is 1. The number of H-pyrrole nitrogens is 1. The summed E-state index contributed by atoms with van der Waals surface area (Å²) in [4.78, 5) is 27.2. The van der Waals surface area contributed by atoms with Crippen molar-refractivity contribution in [3.8, 4) is 5.88 Å². The van der Waals surface area contributed by atoms with Crippen LogP contribution in [0.4, 0.5) is 17.6 Å². The normalized spacial score (nSPS) is 24.3. The zero-order valence-corrected chi connectivity index (χ0v) is 21.9. The Bertz CT molecular complexity index is 1040. The standard InChI is InChI=1S/C26H39N7O3/c1-5-18-11-20(12-19(6-2)33(18)25(34)10-17-7-8-17)32(4)26-28-22(27-23-9-16(3)30-31-23)13-24(29-26)36-21-14-35-15-21/h9,13,17-21H,5-8,10-12,14-15H2,1-4H3,(H2,27,28,29,30,31)/t18-,19+,20?. The third kappa shape index (κ3) is 5.58. The maximum atomic E-state index is 13.2. The lowest BCUT2D eigenvalue weighted by Gasteiger charge is -2.47. The van der Waals surface area contributed by atoms with Gasteiger partial charge in [0.15, 0.2) is 5.82 Å². The molecule has 3 fully saturated rings. The van der Waals surface area contributed by atoms with Crippen LogP contribution in [-0.4, -0.2) is 75.5 Å². The Labute approximate surface area is 213 Å². The molecule has 10 nitrogen and oxygen atoms in total. The van der Waals surface area contributed by atoms with Gasteiger partial charge < -0.3 is 24.6 Å². The van der Waals surface area contributed by atoms with Crippen LogP contribution in [-0.2, 0) is 9.53 Å². The van der Waals surface area contributed by atoms with E-state index in [4.69, 9.17) is 19.4 Å². The van der Waals surface area contributed by atoms with Crippen molar-refractivity contribution >= 4 is 23.5 Å². The molecule has 2 aromatic rings. The minimum atomic E-state index is 0.00759. The van der Waals surface area contributed by atoms with Crippen LogP contribution in [0.5, 0.6) is 5.88 Å². The van der Waals surface area contributed by atoms with Gasteiger partial charge in [0.1, 0.15) is 11.9 Å². The second kappa shape index (κ2) is 10.6. The van der Waals surface area contributed by atoms with Crippen molar-refractivity contribution in [2.75, 3.05) is 30.5 Å². The molecule has 4 heterocycles. The molecule has 1 saturated carbocycles. The summed E-state index contributed by atoms with van der Waals surface area (Å²) in [6, 6.07) is 4.44. The molecule has 1 amide bonds. The molecule has 0 radical (unpaired) electrons. The molecule has 2 N–H and O–H groups in total. The molecule has 0 spiro atoms. The summed E-state index contributed by atoms with van der Waals surface area (Å²) in [6.07, 6.45) is 6.85. The lowest BCUT2D eigenvalue weighted by molar-refractivity contribution is -0.139. The Morgan fingerprint density at radius 1 is 1.17 bits per heavy atom. The van der Waals surface area contributed by atoms with Gasteiger partial charge in [-0.2, -0.15) is 15.1 Å². The maximum absolute atomic E-state index is 13.2. The van der Waals surface area contributed by atoms with Crippen LogP contribution in [0.2, 0.25) is 0 Å². The maximum Gasteiger partial charge on any atom is 0.230 e. The van der Waals surface area contributed by atoms with Gasteiger partial charge in [0.05, 0.1) is 13.2 Å². The Balaban J connectivity index is 1.36. The molecule has 10 heteroatoms. The first-order chi connectivity index (χ1) is 17.4. The monoisotopic (exact) mass is 497 g/mol. The summed E-state index contributed by atoms with van der Waals surface area (Å²) in [5, 5.41) is 10.5. The minimum Gasteiger partial charge on any atom is -0.469 e. The fraction of sp³-hybridized carbons (Fsp3) is 0.692. The van der Waals surface area contributed by atoms with Gasteiger partial charge in [0, 0.05) is 49.4 Å². The number of ether oxygens (including phenoxy) is 2. The number of hydrogen-bond acceptors (Lipinski definition) is 8. The van der Waals surface area contributed by atoms with Gasteiger partial charge in [-0.15, -0.1) is 0 Å². The zero-order valence-electron chi connectivity index (χ0n) is 21.9. The van der Waals surface area contributed by atoms with E-state index in [1.807, 2.05) is 19.1 Å². The summed E-state index contributed by atoms with van der Waals surface area (Å²) >= 11 is 0. The molecule has 5 rings (SSSR count). The third-order valence-electron chi connectivity index (χ3n) is 7.68. The van der Waals surface area contributed by atoms with Crippen LogP contribution >= 0.6 is 0 Å². The zero-order chi connectivity index (χ0) is 25.2. The number of rotatable bonds is 10. The van der Waals surface area contributed by atoms with Crippen molar-refractivity contribution in [3.05, 3.63) is 17.8 Å². The Kier molecular flexibility index (Phi) is 7.32. The van der Waals surface area contributed by atoms with E-state index < -0.39 is 0 Å². The minimum absolute atomic E-state index is 0.00759. The number of carbonyl (C=O) groups excluding carboxylic acids is 1. The number of amides is 1. The number of anilines is 3. The first-order valence-corrected chi connectivity index (χ1v) is 13.4. The number of aryl methyl sites for hydroxylation is 1. The van der Waals surface area contributed by atoms with Crippen molar-refractivity contribution < 1.29 is 14.3 Å². The summed E-state index contributed by atoms with van der Waals surface area (Å²) in [5.74, 6) is 3.39. The van der Waals surface area contributed by atoms with Crippen LogP contribution in [0.15, 0.2) is 12.1 Å². The lowest BCUT2D eigenvalue weighted by Crippen LogP contribution is -2.56. The van der Waals surface area contributed by atoms with Crippen molar-refractivity contribution in [2.45, 2.75) is 89.9 Å². The molecule has 36 heavy (non-hydrogen) atoms. The molecular formula is C26H39N7O3. The summed E-state index contributed by atoms with van der Waals surface area (Å²) in [5.41, 5.74) is 0.964. The highest BCUT2D eigenvalue weighted by molar-refractivity contribution is 5.77. The van der Waals surface area contributed by atoms with E-state index in [1.54, 1.807) is 0 Å². The first-order valence-electron chi connectivity index (χ1n) is 13.4. The van der Waals surface area contributed by atoms with Crippen molar-refractivity contribution in [1.29, 1.82) is 0 Å². The van der Waals surface area contributed by atoms with Gasteiger partial charge in [0.25, 0.3) is 0 Å². The van der Waals surface area contributed by atoms with Crippen LogP contribution in [0, 0.1) is 12.8 Å². The van der Waals surface area contributed by atoms with E-state index in [-0.39, 0.29) is 24.2 Å². The molecule has 2 aliphatic heterocycles. The quantitative estimate of drug-likeness (QED) is 0.510. The fourth-order valence-electron chi connectivity index (χ4n) is 5.30. The number of hydrogen-bond donors (Lipinski definition) is 2. The van der Waals surface area contributed by atoms with Gasteiger partial charge in [0.2, 0.25) is 17.7 Å². The molecule has 0 bridgehead atoms. The second-order valence-corrected chi connectivity index (χ2v) is 10.5. The molecule has 1 aliphatic carbocycles. The molecular weight excluding hydrogens is 458 g/mol. The highest BCUT2D eigenvalue weighted by Crippen LogP contribution is 2.37. The molecule has 1 unspecified atom stereocenters. The highest BCUT2D eigenvalue weighted by atomic mass is 16.6. The predicted octanol–water partition coefficient (Wildman–Crippen LogP) is 3.81. The van der Waals surface area contributed by atoms with Crippen molar-refractivity contribution in [3.63, 3.8) is 0 Å². The molecule has 3 aliphatic rings. The van der Waals surface area contributed by atoms with Crippen LogP contribution in [0.25, 0.3) is 0 Å². The van der Waals surface area contributed by atoms with E-state index in [9.17, 15) is 4.79 Å². The van der Waals surface area contributed by atoms with Crippen LogP contribution < -0.4 is 15.0 Å². The van der Waals surface area contributed by atoms with Crippen molar-refractivity contribution in [1.82, 2.24) is 25.1 Å². The second-order valence-electron chi connectivity index (χ2n) is 10.5. The smallest absolute Gasteiger partial charge is 0.230 e. The molecule has 0 aromatic carbocycles. The summed E-state index contributed by atoms with van der Waals surface area (Å²) < 4.78 is 11.3. The van der Waals surface area contributed by atoms with Gasteiger partial charge in [-0.05, 0) is 51.4 Å². The summed E-state index contributed by atoms with van der Waals surface area (Å²) in [7, 11) is 2.06. The van der Waals surface area contributed by atoms with Gasteiger partial charge in [-0.3, -0.25) is 9.89 Å². The number of aromatic nitrogens is 4. The fourth-order valence-corrected chi connectivity index (χ4v) is 5.30. The van der Waals surface area contributed by atoms with Crippen LogP contribution in [0.3, 0.4) is 0 Å². The van der Waals surface area contributed by atoms with Crippen molar-refractivity contribution in [2.24, 2.45) is 5.92 Å². The molecule has 2 saturated heterocycles. The predicted molar refractivity (Wildman–Crippen MR) is 138 cm³/mol. The number of aromatic amines is 1. The number of carbonyl (C=O) groups is 1. The van der Waals surface area contributed by atoms with E-state index >= 15 is 0 Å². The molecule has 3 atom stereocenters. The van der Waals surface area contributed by atoms with E-state index in [0.717, 1.165) is 31.4 Å². The van der Waals surface area contributed by atoms with Gasteiger partial charge in [-0.25, -0.2) is 0 Å². The highest BCUT2D eigenvalue weighted by Gasteiger charge is 2.40. The topological polar surface area (TPSA) is 108 Å². The average molecular weight is 498 g/mol. The third-order valence-corrected chi connectivity index (χ3v) is 7.68.